The molecule has 0 aliphatic rings. The first-order chi connectivity index (χ1) is 17.1. The number of pyridine rings is 1. The Kier molecular flexibility index (Phi) is 6.96. The Morgan fingerprint density at radius 1 is 0.857 bits per heavy atom. The number of aromatic nitrogens is 1. The average molecular weight is 478 g/mol. The molecule has 0 saturated carbocycles. The number of hydrogen-bond acceptors (Lipinski definition) is 8. The molecule has 9 nitrogen and oxygen atoms in total. The summed E-state index contributed by atoms with van der Waals surface area (Å²) in [5.41, 5.74) is 3.68. The number of carbonyl (C=O) groups is 1. The number of para-hydroxylation sites is 1. The second-order valence-corrected chi connectivity index (χ2v) is 7.51. The van der Waals surface area contributed by atoms with E-state index in [1.54, 1.807) is 21.3 Å². The highest BCUT2D eigenvalue weighted by atomic mass is 16.6. The summed E-state index contributed by atoms with van der Waals surface area (Å²) in [5.74, 6) is 1.68. The zero-order chi connectivity index (χ0) is 24.9. The predicted octanol–water partition coefficient (Wildman–Crippen LogP) is 5.02. The van der Waals surface area contributed by atoms with Gasteiger partial charge in [-0.25, -0.2) is 9.78 Å². The van der Waals surface area contributed by atoms with Crippen LogP contribution in [0.1, 0.15) is 5.56 Å². The normalized spacial score (nSPS) is 10.7. The highest BCUT2D eigenvalue weighted by molar-refractivity contribution is 6.14. The fraction of sp³-hybridized carbons (Fsp3) is 0.231. The summed E-state index contributed by atoms with van der Waals surface area (Å²) in [4.78, 5) is 16.4. The van der Waals surface area contributed by atoms with Crippen LogP contribution in [0.25, 0.3) is 21.8 Å². The smallest absolute Gasteiger partial charge is 0.407 e. The number of nitrogens with one attached hydrogen (secondary N) is 2. The van der Waals surface area contributed by atoms with Crippen LogP contribution in [0.15, 0.2) is 48.5 Å². The number of nitrogens with zero attached hydrogens (tertiary/aromatic N) is 1. The minimum absolute atomic E-state index is 0.134. The lowest BCUT2D eigenvalue weighted by atomic mass is 10.0. The molecule has 3 aromatic carbocycles. The van der Waals surface area contributed by atoms with Gasteiger partial charge in [0.05, 0.1) is 45.0 Å². The van der Waals surface area contributed by atoms with Gasteiger partial charge in [0.25, 0.3) is 0 Å². The number of methoxy groups -OCH3 is 4. The number of hydrogen-bond donors (Lipinski definition) is 2. The lowest BCUT2D eigenvalue weighted by Gasteiger charge is -2.21. The van der Waals surface area contributed by atoms with Crippen LogP contribution in [0.4, 0.5) is 16.2 Å². The van der Waals surface area contributed by atoms with E-state index >= 15 is 0 Å². The monoisotopic (exact) mass is 477 g/mol. The van der Waals surface area contributed by atoms with Gasteiger partial charge in [-0.2, -0.15) is 0 Å². The standard InChI is InChI=1S/C26H27N3O6/c1-27-26(30)35-14-15-9-8-10-16(13-15)28-20-17-11-6-7-12-18(17)29-21-19(20)22(31-2)24(33-4)25(34-5)23(21)32-3/h6-13H,14H2,1-5H3,(H,27,30)(H,28,29). The van der Waals surface area contributed by atoms with Gasteiger partial charge in [-0.15, -0.1) is 0 Å². The van der Waals surface area contributed by atoms with E-state index in [1.807, 2.05) is 48.5 Å². The van der Waals surface area contributed by atoms with Crippen molar-refractivity contribution in [1.29, 1.82) is 0 Å². The van der Waals surface area contributed by atoms with E-state index in [1.165, 1.54) is 14.2 Å². The summed E-state index contributed by atoms with van der Waals surface area (Å²) in [7, 11) is 7.73. The van der Waals surface area contributed by atoms with Gasteiger partial charge in [-0.05, 0) is 23.8 Å². The quantitative estimate of drug-likeness (QED) is 0.341. The molecule has 0 unspecified atom stereocenters. The topological polar surface area (TPSA) is 100 Å². The first kappa shape index (κ1) is 23.7. The third kappa shape index (κ3) is 4.40. The maximum absolute atomic E-state index is 11.5. The Morgan fingerprint density at radius 2 is 1.54 bits per heavy atom. The second-order valence-electron chi connectivity index (χ2n) is 7.51. The Hall–Kier alpha value is -4.40. The van der Waals surface area contributed by atoms with E-state index in [-0.39, 0.29) is 6.61 Å². The summed E-state index contributed by atoms with van der Waals surface area (Å²) in [6.07, 6.45) is -0.493. The Labute approximate surface area is 202 Å². The lowest BCUT2D eigenvalue weighted by molar-refractivity contribution is 0.142. The van der Waals surface area contributed by atoms with Crippen molar-refractivity contribution in [2.75, 3.05) is 40.8 Å². The number of alkyl carbamates (subject to hydrolysis) is 1. The summed E-state index contributed by atoms with van der Waals surface area (Å²) < 4.78 is 28.0. The van der Waals surface area contributed by atoms with E-state index in [0.717, 1.165) is 27.8 Å². The van der Waals surface area contributed by atoms with Gasteiger partial charge in [0, 0.05) is 18.1 Å². The van der Waals surface area contributed by atoms with Crippen molar-refractivity contribution < 1.29 is 28.5 Å². The molecule has 9 heteroatoms. The Balaban J connectivity index is 1.97. The number of anilines is 2. The molecule has 35 heavy (non-hydrogen) atoms. The molecule has 2 N–H and O–H groups in total. The highest BCUT2D eigenvalue weighted by Crippen LogP contribution is 2.53. The molecule has 4 rings (SSSR count). The van der Waals surface area contributed by atoms with Crippen molar-refractivity contribution in [3.63, 3.8) is 0 Å². The fourth-order valence-corrected chi connectivity index (χ4v) is 4.01. The largest absolute Gasteiger partial charge is 0.492 e. The molecule has 1 amide bonds. The third-order valence-electron chi connectivity index (χ3n) is 5.54. The summed E-state index contributed by atoms with van der Waals surface area (Å²) in [5, 5.41) is 7.51. The van der Waals surface area contributed by atoms with Gasteiger partial charge in [-0.3, -0.25) is 0 Å². The molecule has 1 aromatic heterocycles. The molecule has 182 valence electrons. The Bertz CT molecular complexity index is 1390. The predicted molar refractivity (Wildman–Crippen MR) is 134 cm³/mol. The lowest BCUT2D eigenvalue weighted by Crippen LogP contribution is -2.18. The second kappa shape index (κ2) is 10.3. The number of benzene rings is 3. The molecule has 0 radical (unpaired) electrons. The number of rotatable bonds is 8. The molecular formula is C26H27N3O6. The van der Waals surface area contributed by atoms with Gasteiger partial charge in [0.15, 0.2) is 11.5 Å². The van der Waals surface area contributed by atoms with Crippen LogP contribution in [-0.2, 0) is 11.3 Å². The Morgan fingerprint density at radius 3 is 2.23 bits per heavy atom. The minimum Gasteiger partial charge on any atom is -0.492 e. The molecule has 0 atom stereocenters. The van der Waals surface area contributed by atoms with E-state index in [0.29, 0.717) is 33.9 Å². The summed E-state index contributed by atoms with van der Waals surface area (Å²) in [6, 6.07) is 15.4. The molecule has 0 saturated heterocycles. The molecule has 0 spiro atoms. The number of fused-ring (bicyclic) bond motifs is 2. The molecule has 4 aromatic rings. The van der Waals surface area contributed by atoms with Gasteiger partial charge in [-0.1, -0.05) is 30.3 Å². The maximum atomic E-state index is 11.5. The van der Waals surface area contributed by atoms with E-state index in [2.05, 4.69) is 10.6 Å². The first-order valence-corrected chi connectivity index (χ1v) is 10.8. The molecule has 0 aliphatic heterocycles. The number of ether oxygens (including phenoxy) is 5. The van der Waals surface area contributed by atoms with Crippen LogP contribution in [0.2, 0.25) is 0 Å². The summed E-state index contributed by atoms with van der Waals surface area (Å²) in [6.45, 7) is 0.134. The highest BCUT2D eigenvalue weighted by Gasteiger charge is 2.27. The van der Waals surface area contributed by atoms with Crippen LogP contribution in [0, 0.1) is 0 Å². The van der Waals surface area contributed by atoms with Crippen molar-refractivity contribution in [1.82, 2.24) is 10.3 Å². The van der Waals surface area contributed by atoms with Gasteiger partial charge >= 0.3 is 6.09 Å². The van der Waals surface area contributed by atoms with Gasteiger partial charge < -0.3 is 34.3 Å². The van der Waals surface area contributed by atoms with E-state index in [4.69, 9.17) is 28.7 Å². The van der Waals surface area contributed by atoms with Crippen LogP contribution in [0.5, 0.6) is 23.0 Å². The minimum atomic E-state index is -0.493. The maximum Gasteiger partial charge on any atom is 0.407 e. The molecular weight excluding hydrogens is 450 g/mol. The van der Waals surface area contributed by atoms with Crippen molar-refractivity contribution in [3.05, 3.63) is 54.1 Å². The molecule has 0 bridgehead atoms. The van der Waals surface area contributed by atoms with E-state index < -0.39 is 6.09 Å². The van der Waals surface area contributed by atoms with Crippen LogP contribution in [0.3, 0.4) is 0 Å². The van der Waals surface area contributed by atoms with Crippen LogP contribution in [-0.4, -0.2) is 46.6 Å². The van der Waals surface area contributed by atoms with Crippen LogP contribution < -0.4 is 29.6 Å². The fourth-order valence-electron chi connectivity index (χ4n) is 4.01. The molecule has 0 aliphatic carbocycles. The van der Waals surface area contributed by atoms with Crippen molar-refractivity contribution >= 4 is 39.3 Å². The van der Waals surface area contributed by atoms with Gasteiger partial charge in [0.2, 0.25) is 11.5 Å². The van der Waals surface area contributed by atoms with Crippen molar-refractivity contribution in [2.24, 2.45) is 0 Å². The van der Waals surface area contributed by atoms with E-state index in [9.17, 15) is 4.79 Å². The first-order valence-electron chi connectivity index (χ1n) is 10.8. The number of amides is 1. The molecule has 0 fully saturated rings. The van der Waals surface area contributed by atoms with Crippen molar-refractivity contribution in [2.45, 2.75) is 6.61 Å². The van der Waals surface area contributed by atoms with Crippen LogP contribution >= 0.6 is 0 Å². The summed E-state index contributed by atoms with van der Waals surface area (Å²) >= 11 is 0. The zero-order valence-corrected chi connectivity index (χ0v) is 20.2. The number of carbonyl (C=O) groups excluding carboxylic acids is 1. The zero-order valence-electron chi connectivity index (χ0n) is 20.2. The third-order valence-corrected chi connectivity index (χ3v) is 5.54. The van der Waals surface area contributed by atoms with Crippen molar-refractivity contribution in [3.8, 4) is 23.0 Å². The average Bonchev–Trinajstić information content (AvgIpc) is 2.90. The van der Waals surface area contributed by atoms with Gasteiger partial charge in [0.1, 0.15) is 12.1 Å². The molecule has 1 heterocycles. The SMILES string of the molecule is CNC(=O)OCc1cccc(Nc2c3ccccc3nc3c(OC)c(OC)c(OC)c(OC)c23)c1.